The van der Waals surface area contributed by atoms with E-state index >= 15 is 0 Å². The summed E-state index contributed by atoms with van der Waals surface area (Å²) in [6.45, 7) is 3.75. The van der Waals surface area contributed by atoms with Gasteiger partial charge in [-0.2, -0.15) is 13.2 Å². The Bertz CT molecular complexity index is 3560. The number of aromatic nitrogens is 3. The number of benzene rings is 3. The zero-order valence-corrected chi connectivity index (χ0v) is 53.7. The molecule has 3 aromatic heterocycles. The van der Waals surface area contributed by atoms with Crippen LogP contribution in [-0.2, 0) is 36.2 Å². The van der Waals surface area contributed by atoms with E-state index in [0.29, 0.717) is 70.7 Å². The van der Waals surface area contributed by atoms with E-state index in [1.807, 2.05) is 26.0 Å². The van der Waals surface area contributed by atoms with Crippen molar-refractivity contribution in [2.75, 3.05) is 32.6 Å². The van der Waals surface area contributed by atoms with Crippen LogP contribution in [0.15, 0.2) is 120 Å². The second kappa shape index (κ2) is 31.9. The van der Waals surface area contributed by atoms with Gasteiger partial charge in [0.05, 0.1) is 27.1 Å². The third-order valence-electron chi connectivity index (χ3n) is 10.7. The normalized spacial score (nSPS) is 14.9. The summed E-state index contributed by atoms with van der Waals surface area (Å²) in [4.78, 5) is 106. The first-order valence-electron chi connectivity index (χ1n) is 22.9. The molecule has 3 aromatic carbocycles. The zero-order valence-electron chi connectivity index (χ0n) is 44.6. The Morgan fingerprint density at radius 3 is 1.19 bits per heavy atom. The van der Waals surface area contributed by atoms with Gasteiger partial charge in [-0.3, -0.25) is 48.3 Å². The number of halogens is 7. The number of phenolic OH excluding ortho intramolecular Hbond substituents is 1. The Kier molecular flexibility index (Phi) is 27.0. The molecule has 3 saturated heterocycles. The summed E-state index contributed by atoms with van der Waals surface area (Å²) in [5.74, 6) is 1.93. The maximum absolute atomic E-state index is 12.1. The Hall–Kier alpha value is -7.33. The number of hydrogen-bond acceptors (Lipinski definition) is 22. The van der Waals surface area contributed by atoms with E-state index in [9.17, 15) is 57.2 Å². The number of alkyl halides is 3. The van der Waals surface area contributed by atoms with Crippen LogP contribution in [0.25, 0.3) is 18.2 Å². The molecule has 6 heterocycles. The number of imide groups is 3. The predicted molar refractivity (Wildman–Crippen MR) is 328 cm³/mol. The van der Waals surface area contributed by atoms with Crippen LogP contribution >= 0.6 is 95.5 Å². The van der Waals surface area contributed by atoms with Gasteiger partial charge in [-0.05, 0) is 172 Å². The minimum atomic E-state index is -4.64. The Morgan fingerprint density at radius 2 is 0.907 bits per heavy atom. The van der Waals surface area contributed by atoms with Gasteiger partial charge in [-0.15, -0.1) is 12.4 Å². The van der Waals surface area contributed by atoms with Gasteiger partial charge in [0.15, 0.2) is 23.4 Å². The molecule has 3 aliphatic rings. The third-order valence-corrected chi connectivity index (χ3v) is 15.7. The number of hydrogen-bond donors (Lipinski definition) is 4. The molecule has 23 nitrogen and oxygen atoms in total. The zero-order chi connectivity index (χ0) is 61.2. The number of likely N-dealkylation sites (N-methyl/N-ethyl adjacent to an activating group) is 3. The number of thioether (sulfide) groups is 3. The summed E-state index contributed by atoms with van der Waals surface area (Å²) >= 11 is 12.9. The maximum atomic E-state index is 12.1. The van der Waals surface area contributed by atoms with Crippen molar-refractivity contribution < 1.29 is 88.0 Å². The van der Waals surface area contributed by atoms with E-state index in [4.69, 9.17) is 30.5 Å². The summed E-state index contributed by atoms with van der Waals surface area (Å²) in [5.41, 5.74) is 14.8. The minimum absolute atomic E-state index is 0. The number of phenols is 1. The van der Waals surface area contributed by atoms with Crippen molar-refractivity contribution in [1.29, 1.82) is 0 Å². The number of aryl methyl sites for hydroxylation is 2. The summed E-state index contributed by atoms with van der Waals surface area (Å²) in [5, 5.41) is 19.8. The average Bonchev–Trinajstić information content (AvgIpc) is 2.68. The number of pyridine rings is 3. The van der Waals surface area contributed by atoms with Crippen LogP contribution in [-0.4, -0.2) is 107 Å². The van der Waals surface area contributed by atoms with Crippen LogP contribution in [0, 0.1) is 24.0 Å². The second-order valence-electron chi connectivity index (χ2n) is 16.8. The molecule has 34 heteroatoms. The number of aldehydes is 1. The van der Waals surface area contributed by atoms with Crippen molar-refractivity contribution in [3.63, 3.8) is 0 Å². The molecule has 0 atom stereocenters. The molecule has 9 rings (SSSR count). The quantitative estimate of drug-likeness (QED) is 0.0325. The molecule has 3 aliphatic heterocycles. The molecule has 6 amide bonds. The van der Waals surface area contributed by atoms with Crippen molar-refractivity contribution in [3.8, 4) is 40.2 Å². The molecule has 6 aromatic rings. The predicted octanol–water partition coefficient (Wildman–Crippen LogP) is 13.6. The summed E-state index contributed by atoms with van der Waals surface area (Å²) in [6, 6.07) is 19.5. The van der Waals surface area contributed by atoms with Crippen molar-refractivity contribution >= 4 is 171 Å². The van der Waals surface area contributed by atoms with Gasteiger partial charge in [0.2, 0.25) is 6.29 Å². The van der Waals surface area contributed by atoms with Gasteiger partial charge in [0.25, 0.3) is 33.4 Å². The van der Waals surface area contributed by atoms with E-state index in [0.717, 1.165) is 75.6 Å². The standard InChI is InChI=1S/C17H12BrN3O5S.C17H14BrN3O3S.C16H12BrN3O4S.C2HF3O.ClH.Fe.H3N/c1-9-5-12(18)10(7-14-16(22)20(2)17(23)27-14)6-13(9)26-11-3-4-15(19-8-11)21(24)25;1-9-5-12(18)10(7-14-16(22)21(2)17(23)25-14)6-13(9)24-11-3-4-15(19)20-8-11;1-20-15(22)13(25-16(20)23)5-8-4-12(11(21)6-10(8)17)24-9-2-3-14(18)19-7-9;3-2(4,5)1-6;;;/h3-8H,1-2H3;3-8H,1-2H3,(H2,19,20);2-7,21H,1H3,(H2,18,19);1H;1H;;1H3/b2*14-7-;13-5-;;;;. The number of nitrogens with zero attached hydrogens (tertiary/aromatic N) is 7. The molecule has 8 N–H and O–H groups in total. The summed E-state index contributed by atoms with van der Waals surface area (Å²) < 4.78 is 50.6. The number of rotatable bonds is 10. The van der Waals surface area contributed by atoms with Crippen LogP contribution in [0.2, 0.25) is 0 Å². The van der Waals surface area contributed by atoms with Crippen LogP contribution < -0.4 is 31.8 Å². The topological polar surface area (TPSA) is 346 Å². The Balaban J connectivity index is 0.000000317. The van der Waals surface area contributed by atoms with Crippen molar-refractivity contribution in [3.05, 3.63) is 157 Å². The fourth-order valence-corrected chi connectivity index (χ4v) is 10.5. The van der Waals surface area contributed by atoms with E-state index in [1.165, 1.54) is 51.7 Å². The monoisotopic (exact) mass is 1500 g/mol. The molecule has 86 heavy (non-hydrogen) atoms. The molecule has 0 unspecified atom stereocenters. The Morgan fingerprint density at radius 1 is 0.593 bits per heavy atom. The van der Waals surface area contributed by atoms with Gasteiger partial charge in [-0.25, -0.2) is 9.97 Å². The van der Waals surface area contributed by atoms with E-state index in [2.05, 4.69) is 62.7 Å². The van der Waals surface area contributed by atoms with Crippen LogP contribution in [0.4, 0.5) is 45.0 Å². The van der Waals surface area contributed by atoms with Gasteiger partial charge in [0, 0.05) is 57.7 Å². The summed E-state index contributed by atoms with van der Waals surface area (Å²) in [7, 11) is 4.32. The first kappa shape index (κ1) is 72.9. The minimum Gasteiger partial charge on any atom is -0.504 e. The molecule has 0 saturated carbocycles. The Labute approximate surface area is 540 Å². The molecular formula is C52H43Br3ClF3FeN10O13S3. The van der Waals surface area contributed by atoms with Crippen LogP contribution in [0.1, 0.15) is 27.8 Å². The smallest absolute Gasteiger partial charge is 0.446 e. The van der Waals surface area contributed by atoms with Crippen molar-refractivity contribution in [2.24, 2.45) is 0 Å². The molecule has 3 fully saturated rings. The second-order valence-corrected chi connectivity index (χ2v) is 22.3. The van der Waals surface area contributed by atoms with Crippen molar-refractivity contribution in [1.82, 2.24) is 35.8 Å². The van der Waals surface area contributed by atoms with E-state index < -0.39 is 17.4 Å². The molecule has 0 aliphatic carbocycles. The number of nitrogens with two attached hydrogens (primary N) is 2. The van der Waals surface area contributed by atoms with E-state index in [-0.39, 0.29) is 86.4 Å². The number of amides is 6. The number of ether oxygens (including phenoxy) is 3. The van der Waals surface area contributed by atoms with Gasteiger partial charge in [-0.1, -0.05) is 47.8 Å². The van der Waals surface area contributed by atoms with Gasteiger partial charge >= 0.3 is 12.0 Å². The molecular weight excluding hydrogens is 1460 g/mol. The van der Waals surface area contributed by atoms with E-state index in [1.54, 1.807) is 66.9 Å². The molecule has 0 spiro atoms. The summed E-state index contributed by atoms with van der Waals surface area (Å²) in [6.07, 6.45) is 3.38. The number of aromatic hydroxyl groups is 1. The fraction of sp³-hybridized carbons (Fsp3) is 0.115. The first-order chi connectivity index (χ1) is 39.0. The average molecular weight is 1500 g/mol. The van der Waals surface area contributed by atoms with Crippen LogP contribution in [0.5, 0.6) is 40.2 Å². The maximum Gasteiger partial charge on any atom is 0.446 e. The molecule has 454 valence electrons. The van der Waals surface area contributed by atoms with Gasteiger partial charge in [0.1, 0.15) is 34.6 Å². The number of carbonyl (C=O) groups excluding carboxylic acids is 7. The molecule has 0 bridgehead atoms. The fourth-order valence-electron chi connectivity index (χ4n) is 6.42. The first-order valence-corrected chi connectivity index (χ1v) is 27.7. The number of carbonyl (C=O) groups is 7. The van der Waals surface area contributed by atoms with Gasteiger partial charge < -0.3 is 47.0 Å². The largest absolute Gasteiger partial charge is 0.504 e. The van der Waals surface area contributed by atoms with Crippen molar-refractivity contribution in [2.45, 2.75) is 20.0 Å². The molecule has 0 radical (unpaired) electrons. The SMILES string of the molecule is CN1C(=O)S/C(=C\c2cc(Oc3ccc(N)nc3)c(O)cc2Br)C1=O.Cc1cc(Br)c(/C=C2\SC(=O)N(C)C2=O)cc1Oc1ccc(N)nc1.Cc1cc(Br)c(/C=C2\SC(=O)N(C)C2=O)cc1Oc1ccc([N+](=O)[O-])nc1.Cl.N.O=CC(F)(F)F.[Fe]. The third kappa shape index (κ3) is 19.6. The number of nitro groups is 1. The number of nitrogen functional groups attached to an aromatic ring is 2. The number of anilines is 2. The van der Waals surface area contributed by atoms with Crippen LogP contribution in [0.3, 0.4) is 0 Å².